The Balaban J connectivity index is 2.01. The highest BCUT2D eigenvalue weighted by Crippen LogP contribution is 2.26. The lowest BCUT2D eigenvalue weighted by atomic mass is 9.99. The number of ether oxygens (including phenoxy) is 2. The standard InChI is InChI=1S/C36H47N3O5/c1-6-7-8-9-16-25-39(34(41)31(26-27-17-12-10-13-18-27)38-35(42)44-36(2,3)4)32(28-19-14-11-15-20-28)33(40)37-29-21-23-30(43-5)24-22-29/h10-15,17-24,31-32H,6-9,16,25-26H2,1-5H3,(H,37,40)(H,38,42). The monoisotopic (exact) mass is 601 g/mol. The molecule has 2 unspecified atom stereocenters. The smallest absolute Gasteiger partial charge is 0.408 e. The lowest BCUT2D eigenvalue weighted by Gasteiger charge is -2.34. The number of methoxy groups -OCH3 is 1. The first kappa shape index (κ1) is 34.2. The lowest BCUT2D eigenvalue weighted by molar-refractivity contribution is -0.140. The third-order valence-electron chi connectivity index (χ3n) is 7.09. The summed E-state index contributed by atoms with van der Waals surface area (Å²) in [7, 11) is 1.58. The highest BCUT2D eigenvalue weighted by Gasteiger charge is 2.36. The van der Waals surface area contributed by atoms with Gasteiger partial charge in [-0.25, -0.2) is 4.79 Å². The van der Waals surface area contributed by atoms with Crippen LogP contribution in [0.5, 0.6) is 5.75 Å². The van der Waals surface area contributed by atoms with Gasteiger partial charge in [-0.1, -0.05) is 93.3 Å². The zero-order valence-electron chi connectivity index (χ0n) is 26.7. The molecule has 236 valence electrons. The van der Waals surface area contributed by atoms with Crippen LogP contribution in [-0.2, 0) is 20.7 Å². The Kier molecular flexibility index (Phi) is 13.3. The van der Waals surface area contributed by atoms with E-state index in [1.807, 2.05) is 60.7 Å². The predicted molar refractivity (Wildman–Crippen MR) is 175 cm³/mol. The van der Waals surface area contributed by atoms with Crippen LogP contribution in [0.2, 0.25) is 0 Å². The van der Waals surface area contributed by atoms with Crippen molar-refractivity contribution < 1.29 is 23.9 Å². The number of carbonyl (C=O) groups excluding carboxylic acids is 3. The van der Waals surface area contributed by atoms with E-state index in [1.165, 1.54) is 0 Å². The van der Waals surface area contributed by atoms with E-state index in [4.69, 9.17) is 9.47 Å². The van der Waals surface area contributed by atoms with Crippen LogP contribution in [-0.4, -0.2) is 48.1 Å². The maximum absolute atomic E-state index is 14.6. The fraction of sp³-hybridized carbons (Fsp3) is 0.417. The Morgan fingerprint density at radius 1 is 0.818 bits per heavy atom. The van der Waals surface area contributed by atoms with E-state index in [0.717, 1.165) is 37.7 Å². The summed E-state index contributed by atoms with van der Waals surface area (Å²) in [6.45, 7) is 7.83. The minimum absolute atomic E-state index is 0.243. The number of nitrogens with one attached hydrogen (secondary N) is 2. The quantitative estimate of drug-likeness (QED) is 0.178. The maximum Gasteiger partial charge on any atom is 0.408 e. The molecule has 0 spiro atoms. The summed E-state index contributed by atoms with van der Waals surface area (Å²) in [5, 5.41) is 5.82. The van der Waals surface area contributed by atoms with Gasteiger partial charge in [-0.2, -0.15) is 0 Å². The number of amides is 3. The van der Waals surface area contributed by atoms with Gasteiger partial charge in [-0.3, -0.25) is 9.59 Å². The normalized spacial score (nSPS) is 12.5. The van der Waals surface area contributed by atoms with Gasteiger partial charge in [0, 0.05) is 18.7 Å². The summed E-state index contributed by atoms with van der Waals surface area (Å²) in [5.74, 6) is -0.0311. The number of hydrogen-bond donors (Lipinski definition) is 2. The van der Waals surface area contributed by atoms with E-state index in [-0.39, 0.29) is 18.2 Å². The molecule has 0 radical (unpaired) electrons. The average molecular weight is 602 g/mol. The van der Waals surface area contributed by atoms with Crippen molar-refractivity contribution in [3.63, 3.8) is 0 Å². The first-order valence-corrected chi connectivity index (χ1v) is 15.4. The van der Waals surface area contributed by atoms with Crippen molar-refractivity contribution in [2.24, 2.45) is 0 Å². The van der Waals surface area contributed by atoms with Crippen LogP contribution >= 0.6 is 0 Å². The van der Waals surface area contributed by atoms with E-state index in [2.05, 4.69) is 17.6 Å². The van der Waals surface area contributed by atoms with E-state index in [0.29, 0.717) is 23.5 Å². The molecule has 0 saturated carbocycles. The number of unbranched alkanes of at least 4 members (excludes halogenated alkanes) is 4. The van der Waals surface area contributed by atoms with Gasteiger partial charge < -0.3 is 25.0 Å². The van der Waals surface area contributed by atoms with Crippen LogP contribution in [0.15, 0.2) is 84.9 Å². The lowest BCUT2D eigenvalue weighted by Crippen LogP contribution is -2.53. The molecule has 0 aliphatic heterocycles. The van der Waals surface area contributed by atoms with Crippen molar-refractivity contribution in [2.75, 3.05) is 19.0 Å². The van der Waals surface area contributed by atoms with Gasteiger partial charge in [0.1, 0.15) is 23.4 Å². The molecule has 0 bridgehead atoms. The molecule has 0 fully saturated rings. The fourth-order valence-corrected chi connectivity index (χ4v) is 4.95. The van der Waals surface area contributed by atoms with Crippen LogP contribution in [0.4, 0.5) is 10.5 Å². The third-order valence-corrected chi connectivity index (χ3v) is 7.09. The largest absolute Gasteiger partial charge is 0.497 e. The number of alkyl carbamates (subject to hydrolysis) is 1. The number of nitrogens with zero attached hydrogens (tertiary/aromatic N) is 1. The third kappa shape index (κ3) is 11.1. The van der Waals surface area contributed by atoms with E-state index in [9.17, 15) is 14.4 Å². The molecule has 3 aromatic rings. The second-order valence-electron chi connectivity index (χ2n) is 11.9. The first-order valence-electron chi connectivity index (χ1n) is 15.4. The van der Waals surface area contributed by atoms with Crippen molar-refractivity contribution in [2.45, 2.75) is 83.9 Å². The van der Waals surface area contributed by atoms with Gasteiger partial charge in [0.05, 0.1) is 7.11 Å². The summed E-state index contributed by atoms with van der Waals surface area (Å²) in [5.41, 5.74) is 1.40. The molecular formula is C36H47N3O5. The number of carbonyl (C=O) groups is 3. The Labute approximate surface area is 262 Å². The molecule has 0 aromatic heterocycles. The average Bonchev–Trinajstić information content (AvgIpc) is 3.00. The topological polar surface area (TPSA) is 97.0 Å². The highest BCUT2D eigenvalue weighted by atomic mass is 16.6. The minimum Gasteiger partial charge on any atom is -0.497 e. The summed E-state index contributed by atoms with van der Waals surface area (Å²) < 4.78 is 10.8. The summed E-state index contributed by atoms with van der Waals surface area (Å²) in [6.07, 6.45) is 4.43. The van der Waals surface area contributed by atoms with E-state index >= 15 is 0 Å². The van der Waals surface area contributed by atoms with Crippen molar-refractivity contribution >= 4 is 23.6 Å². The molecular weight excluding hydrogens is 554 g/mol. The second kappa shape index (κ2) is 17.1. The Hall–Kier alpha value is -4.33. The van der Waals surface area contributed by atoms with E-state index < -0.39 is 23.8 Å². The van der Waals surface area contributed by atoms with Crippen molar-refractivity contribution in [1.29, 1.82) is 0 Å². The summed E-state index contributed by atoms with van der Waals surface area (Å²) in [6, 6.07) is 24.0. The Morgan fingerprint density at radius 2 is 1.43 bits per heavy atom. The molecule has 0 aliphatic carbocycles. The van der Waals surface area contributed by atoms with Crippen LogP contribution in [0.1, 0.15) is 77.0 Å². The summed E-state index contributed by atoms with van der Waals surface area (Å²) in [4.78, 5) is 43.3. The van der Waals surface area contributed by atoms with Gasteiger partial charge in [-0.05, 0) is 62.6 Å². The van der Waals surface area contributed by atoms with E-state index in [1.54, 1.807) is 57.0 Å². The van der Waals surface area contributed by atoms with Crippen molar-refractivity contribution in [1.82, 2.24) is 10.2 Å². The number of rotatable bonds is 15. The predicted octanol–water partition coefficient (Wildman–Crippen LogP) is 7.31. The molecule has 3 amide bonds. The molecule has 0 aliphatic rings. The highest BCUT2D eigenvalue weighted by molar-refractivity contribution is 5.99. The molecule has 3 aromatic carbocycles. The number of benzene rings is 3. The molecule has 2 N–H and O–H groups in total. The molecule has 44 heavy (non-hydrogen) atoms. The van der Waals surface area contributed by atoms with Crippen LogP contribution in [0.25, 0.3) is 0 Å². The SMILES string of the molecule is CCCCCCCN(C(=O)C(Cc1ccccc1)NC(=O)OC(C)(C)C)C(C(=O)Nc1ccc(OC)cc1)c1ccccc1. The van der Waals surface area contributed by atoms with Gasteiger partial charge >= 0.3 is 6.09 Å². The maximum atomic E-state index is 14.6. The Morgan fingerprint density at radius 3 is 2.02 bits per heavy atom. The molecule has 3 rings (SSSR count). The zero-order valence-corrected chi connectivity index (χ0v) is 26.7. The molecule has 8 heteroatoms. The number of anilines is 1. The molecule has 2 atom stereocenters. The van der Waals surface area contributed by atoms with Crippen LogP contribution in [0.3, 0.4) is 0 Å². The molecule has 8 nitrogen and oxygen atoms in total. The van der Waals surface area contributed by atoms with Crippen molar-refractivity contribution in [3.05, 3.63) is 96.1 Å². The minimum atomic E-state index is -0.956. The van der Waals surface area contributed by atoms with Crippen molar-refractivity contribution in [3.8, 4) is 5.75 Å². The Bertz CT molecular complexity index is 1310. The first-order chi connectivity index (χ1) is 21.1. The van der Waals surface area contributed by atoms with Crippen LogP contribution < -0.4 is 15.4 Å². The molecule has 0 saturated heterocycles. The van der Waals surface area contributed by atoms with Gasteiger partial charge in [0.25, 0.3) is 5.91 Å². The number of hydrogen-bond acceptors (Lipinski definition) is 5. The van der Waals surface area contributed by atoms with Gasteiger partial charge in [0.2, 0.25) is 5.91 Å². The van der Waals surface area contributed by atoms with Crippen LogP contribution in [0, 0.1) is 0 Å². The molecule has 0 heterocycles. The zero-order chi connectivity index (χ0) is 32.0. The van der Waals surface area contributed by atoms with Gasteiger partial charge in [-0.15, -0.1) is 0 Å². The van der Waals surface area contributed by atoms with Gasteiger partial charge in [0.15, 0.2) is 0 Å². The summed E-state index contributed by atoms with van der Waals surface area (Å²) >= 11 is 0. The fourth-order valence-electron chi connectivity index (χ4n) is 4.95. The second-order valence-corrected chi connectivity index (χ2v) is 11.9.